The standard InChI is InChI=1S/C17H18F6Si/c1-9-5-14(10(2)15(9)24(3)4)11-6-12(16(18,19)20)8-13(7-11)17(21,22)23/h6-8,24H,5H2,1-4H3. The van der Waals surface area contributed by atoms with Gasteiger partial charge < -0.3 is 0 Å². The molecule has 0 saturated heterocycles. The Bertz CT molecular complexity index is 687. The molecular formula is C17H18F6Si. The minimum Gasteiger partial charge on any atom is -0.166 e. The highest BCUT2D eigenvalue weighted by Gasteiger charge is 2.37. The van der Waals surface area contributed by atoms with Crippen LogP contribution in [0.15, 0.2) is 34.5 Å². The monoisotopic (exact) mass is 364 g/mol. The van der Waals surface area contributed by atoms with Gasteiger partial charge in [0.1, 0.15) is 0 Å². The summed E-state index contributed by atoms with van der Waals surface area (Å²) in [6.07, 6.45) is -9.23. The van der Waals surface area contributed by atoms with Gasteiger partial charge in [-0.2, -0.15) is 26.3 Å². The molecule has 0 aromatic heterocycles. The molecule has 0 fully saturated rings. The number of allylic oxidation sites excluding steroid dienone is 4. The average molecular weight is 364 g/mol. The first-order valence-electron chi connectivity index (χ1n) is 7.52. The summed E-state index contributed by atoms with van der Waals surface area (Å²) in [5, 5.41) is 1.15. The Morgan fingerprint density at radius 3 is 1.62 bits per heavy atom. The normalized spacial score (nSPS) is 16.6. The zero-order valence-corrected chi connectivity index (χ0v) is 14.9. The van der Waals surface area contributed by atoms with E-state index in [9.17, 15) is 26.3 Å². The SMILES string of the molecule is CC1=C([SiH](C)C)C(C)=C(c2cc(C(F)(F)F)cc(C(F)(F)F)c2)C1. The van der Waals surface area contributed by atoms with Crippen molar-refractivity contribution in [3.05, 3.63) is 51.2 Å². The smallest absolute Gasteiger partial charge is 0.166 e. The summed E-state index contributed by atoms with van der Waals surface area (Å²) in [6, 6.07) is 1.82. The van der Waals surface area contributed by atoms with Crippen LogP contribution in [0.25, 0.3) is 5.57 Å². The van der Waals surface area contributed by atoms with Crippen LogP contribution in [-0.4, -0.2) is 8.80 Å². The summed E-state index contributed by atoms with van der Waals surface area (Å²) >= 11 is 0. The van der Waals surface area contributed by atoms with Crippen LogP contribution in [0, 0.1) is 0 Å². The third-order valence-electron chi connectivity index (χ3n) is 4.27. The van der Waals surface area contributed by atoms with Crippen molar-refractivity contribution in [2.75, 3.05) is 0 Å². The predicted octanol–water partition coefficient (Wildman–Crippen LogP) is 6.24. The fourth-order valence-corrected chi connectivity index (χ4v) is 5.48. The molecule has 0 saturated carbocycles. The molecule has 0 aliphatic heterocycles. The molecule has 0 nitrogen and oxygen atoms in total. The van der Waals surface area contributed by atoms with Crippen molar-refractivity contribution in [1.29, 1.82) is 0 Å². The Hall–Kier alpha value is -1.50. The maximum atomic E-state index is 13.0. The van der Waals surface area contributed by atoms with Crippen molar-refractivity contribution in [3.63, 3.8) is 0 Å². The number of halogens is 6. The van der Waals surface area contributed by atoms with E-state index >= 15 is 0 Å². The third kappa shape index (κ3) is 3.60. The van der Waals surface area contributed by atoms with E-state index in [1.54, 1.807) is 6.92 Å². The van der Waals surface area contributed by atoms with Crippen molar-refractivity contribution < 1.29 is 26.3 Å². The highest BCUT2D eigenvalue weighted by atomic mass is 28.3. The molecule has 1 aromatic rings. The van der Waals surface area contributed by atoms with E-state index in [1.165, 1.54) is 0 Å². The fourth-order valence-electron chi connectivity index (χ4n) is 3.35. The van der Waals surface area contributed by atoms with Gasteiger partial charge in [-0.3, -0.25) is 0 Å². The molecule has 24 heavy (non-hydrogen) atoms. The zero-order chi connectivity index (χ0) is 18.4. The number of rotatable bonds is 2. The van der Waals surface area contributed by atoms with Gasteiger partial charge in [0, 0.05) is 0 Å². The van der Waals surface area contributed by atoms with E-state index in [1.807, 2.05) is 6.92 Å². The lowest BCUT2D eigenvalue weighted by molar-refractivity contribution is -0.143. The van der Waals surface area contributed by atoms with Gasteiger partial charge in [0.25, 0.3) is 0 Å². The fraction of sp³-hybridized carbons (Fsp3) is 0.412. The van der Waals surface area contributed by atoms with E-state index in [0.717, 1.165) is 28.5 Å². The van der Waals surface area contributed by atoms with E-state index in [2.05, 4.69) is 13.1 Å². The van der Waals surface area contributed by atoms with Crippen LogP contribution in [0.1, 0.15) is 37.0 Å². The second-order valence-corrected chi connectivity index (χ2v) is 9.31. The first kappa shape index (κ1) is 18.8. The Kier molecular flexibility index (Phi) is 4.78. The average Bonchev–Trinajstić information content (AvgIpc) is 2.71. The molecule has 0 unspecified atom stereocenters. The van der Waals surface area contributed by atoms with Gasteiger partial charge in [-0.25, -0.2) is 0 Å². The highest BCUT2D eigenvalue weighted by molar-refractivity contribution is 6.65. The van der Waals surface area contributed by atoms with Crippen LogP contribution in [0.5, 0.6) is 0 Å². The molecule has 1 aliphatic carbocycles. The van der Waals surface area contributed by atoms with Crippen molar-refractivity contribution in [3.8, 4) is 0 Å². The van der Waals surface area contributed by atoms with Gasteiger partial charge >= 0.3 is 12.4 Å². The second kappa shape index (κ2) is 6.09. The molecular weight excluding hydrogens is 346 g/mol. The minimum atomic E-state index is -4.82. The molecule has 132 valence electrons. The van der Waals surface area contributed by atoms with E-state index in [0.29, 0.717) is 12.0 Å². The summed E-state index contributed by atoms with van der Waals surface area (Å²) in [5.74, 6) is 0. The summed E-state index contributed by atoms with van der Waals surface area (Å²) in [6.45, 7) is 7.88. The predicted molar refractivity (Wildman–Crippen MR) is 85.2 cm³/mol. The number of alkyl halides is 6. The minimum absolute atomic E-state index is 0.0126. The lowest BCUT2D eigenvalue weighted by atomic mass is 9.96. The molecule has 7 heteroatoms. The quantitative estimate of drug-likeness (QED) is 0.430. The molecule has 1 aliphatic rings. The van der Waals surface area contributed by atoms with Gasteiger partial charge in [0.2, 0.25) is 0 Å². The van der Waals surface area contributed by atoms with Gasteiger partial charge in [0.15, 0.2) is 0 Å². The van der Waals surface area contributed by atoms with Crippen LogP contribution in [-0.2, 0) is 12.4 Å². The number of hydrogen-bond donors (Lipinski definition) is 0. The Balaban J connectivity index is 2.64. The number of benzene rings is 1. The molecule has 1 aromatic carbocycles. The topological polar surface area (TPSA) is 0 Å². The molecule has 0 atom stereocenters. The molecule has 0 N–H and O–H groups in total. The molecule has 2 rings (SSSR count). The van der Waals surface area contributed by atoms with E-state index in [4.69, 9.17) is 0 Å². The third-order valence-corrected chi connectivity index (χ3v) is 6.35. The van der Waals surface area contributed by atoms with Crippen molar-refractivity contribution in [2.24, 2.45) is 0 Å². The van der Waals surface area contributed by atoms with Crippen LogP contribution in [0.2, 0.25) is 13.1 Å². The lowest BCUT2D eigenvalue weighted by Gasteiger charge is -2.16. The summed E-state index contributed by atoms with van der Waals surface area (Å²) in [4.78, 5) is 0. The maximum Gasteiger partial charge on any atom is 0.416 e. The molecule has 0 bridgehead atoms. The molecule has 0 radical (unpaired) electrons. The van der Waals surface area contributed by atoms with Crippen molar-refractivity contribution in [2.45, 2.75) is 45.7 Å². The molecule has 0 amide bonds. The Morgan fingerprint density at radius 2 is 1.29 bits per heavy atom. The van der Waals surface area contributed by atoms with Crippen molar-refractivity contribution in [1.82, 2.24) is 0 Å². The van der Waals surface area contributed by atoms with Gasteiger partial charge in [-0.05, 0) is 55.2 Å². The van der Waals surface area contributed by atoms with Crippen LogP contribution in [0.4, 0.5) is 26.3 Å². The van der Waals surface area contributed by atoms with Crippen LogP contribution < -0.4 is 0 Å². The second-order valence-electron chi connectivity index (χ2n) is 6.42. The Labute approximate surface area is 138 Å². The molecule has 0 heterocycles. The lowest BCUT2D eigenvalue weighted by Crippen LogP contribution is -2.12. The van der Waals surface area contributed by atoms with Gasteiger partial charge in [-0.15, -0.1) is 0 Å². The van der Waals surface area contributed by atoms with E-state index < -0.39 is 32.3 Å². The maximum absolute atomic E-state index is 13.0. The number of hydrogen-bond acceptors (Lipinski definition) is 0. The zero-order valence-electron chi connectivity index (χ0n) is 13.8. The van der Waals surface area contributed by atoms with Crippen LogP contribution in [0.3, 0.4) is 0 Å². The summed E-state index contributed by atoms with van der Waals surface area (Å²) in [5.41, 5.74) is -0.0586. The molecule has 0 spiro atoms. The Morgan fingerprint density at radius 1 is 0.833 bits per heavy atom. The van der Waals surface area contributed by atoms with Gasteiger partial charge in [-0.1, -0.05) is 23.9 Å². The summed E-state index contributed by atoms with van der Waals surface area (Å²) in [7, 11) is -1.22. The first-order chi connectivity index (χ1) is 10.8. The first-order valence-corrected chi connectivity index (χ1v) is 10.4. The van der Waals surface area contributed by atoms with Gasteiger partial charge in [0.05, 0.1) is 19.9 Å². The largest absolute Gasteiger partial charge is 0.416 e. The highest BCUT2D eigenvalue weighted by Crippen LogP contribution is 2.43. The summed E-state index contributed by atoms with van der Waals surface area (Å²) < 4.78 is 78.1. The van der Waals surface area contributed by atoms with Crippen LogP contribution >= 0.6 is 0 Å². The van der Waals surface area contributed by atoms with Crippen molar-refractivity contribution >= 4 is 14.4 Å². The van der Waals surface area contributed by atoms with E-state index in [-0.39, 0.29) is 11.6 Å².